The fraction of sp³-hybridized carbons (Fsp3) is 0.318. The van der Waals surface area contributed by atoms with Crippen molar-refractivity contribution in [1.82, 2.24) is 5.43 Å². The predicted molar refractivity (Wildman–Crippen MR) is 131 cm³/mol. The normalized spacial score (nSPS) is 13.7. The van der Waals surface area contributed by atoms with Crippen molar-refractivity contribution in [3.8, 4) is 17.2 Å². The van der Waals surface area contributed by atoms with Crippen molar-refractivity contribution >= 4 is 53.2 Å². The van der Waals surface area contributed by atoms with Gasteiger partial charge in [0, 0.05) is 11.5 Å². The van der Waals surface area contributed by atoms with Gasteiger partial charge < -0.3 is 18.9 Å². The van der Waals surface area contributed by atoms with E-state index in [1.165, 1.54) is 37.5 Å². The zero-order valence-corrected chi connectivity index (χ0v) is 20.4. The molecule has 0 atom stereocenters. The van der Waals surface area contributed by atoms with Crippen LogP contribution in [-0.2, 0) is 14.3 Å². The first-order valence-corrected chi connectivity index (χ1v) is 12.3. The Hall–Kier alpha value is -2.56. The largest absolute Gasteiger partial charge is 0.493 e. The first-order valence-electron chi connectivity index (χ1n) is 9.85. The number of hydrogen-bond acceptors (Lipinski definition) is 9. The highest BCUT2D eigenvalue weighted by atomic mass is 35.5. The van der Waals surface area contributed by atoms with E-state index in [1.54, 1.807) is 12.1 Å². The molecule has 1 aliphatic rings. The topological polar surface area (TPSA) is 95.5 Å². The molecule has 2 aromatic rings. The minimum Gasteiger partial charge on any atom is -0.493 e. The minimum atomic E-state index is -0.550. The van der Waals surface area contributed by atoms with Gasteiger partial charge in [-0.1, -0.05) is 23.7 Å². The first-order chi connectivity index (χ1) is 16.0. The molecule has 8 nitrogen and oxygen atoms in total. The summed E-state index contributed by atoms with van der Waals surface area (Å²) < 4.78 is 21.1. The molecule has 0 radical (unpaired) electrons. The summed E-state index contributed by atoms with van der Waals surface area (Å²) in [5.74, 6) is 2.50. The molecule has 1 N–H and O–H groups in total. The number of carbonyl (C=O) groups excluding carboxylic acids is 2. The average Bonchev–Trinajstić information content (AvgIpc) is 3.37. The van der Waals surface area contributed by atoms with E-state index in [1.807, 2.05) is 47.8 Å². The van der Waals surface area contributed by atoms with Crippen LogP contribution in [0.3, 0.4) is 0 Å². The van der Waals surface area contributed by atoms with Crippen LogP contribution in [0.4, 0.5) is 0 Å². The Kier molecular flexibility index (Phi) is 9.59. The SMILES string of the molecule is COC(=O)COc1c(Cl)cc(/C=N\NC(=O)COc2ccc(C3SCCS3)cc2)cc1OC. The van der Waals surface area contributed by atoms with Gasteiger partial charge in [-0.25, -0.2) is 10.2 Å². The summed E-state index contributed by atoms with van der Waals surface area (Å²) in [6.45, 7) is -0.481. The van der Waals surface area contributed by atoms with Crippen LogP contribution in [0.2, 0.25) is 5.02 Å². The molecule has 1 fully saturated rings. The van der Waals surface area contributed by atoms with E-state index >= 15 is 0 Å². The zero-order valence-electron chi connectivity index (χ0n) is 18.0. The average molecular weight is 511 g/mol. The molecule has 176 valence electrons. The molecule has 0 saturated carbocycles. The van der Waals surface area contributed by atoms with E-state index in [-0.39, 0.29) is 24.0 Å². The van der Waals surface area contributed by atoms with E-state index in [2.05, 4.69) is 15.3 Å². The second-order valence-electron chi connectivity index (χ2n) is 6.62. The standard InChI is InChI=1S/C22H23ClN2O6S2/c1-28-18-10-14(9-17(23)21(18)31-13-20(27)29-2)11-24-25-19(26)12-30-16-5-3-15(4-6-16)22-32-7-8-33-22/h3-6,9-11,22H,7-8,12-13H2,1-2H3,(H,25,26)/b24-11-. The number of thioether (sulfide) groups is 2. The van der Waals surface area contributed by atoms with E-state index in [4.69, 9.17) is 25.8 Å². The van der Waals surface area contributed by atoms with Crippen molar-refractivity contribution in [3.05, 3.63) is 52.5 Å². The maximum Gasteiger partial charge on any atom is 0.343 e. The highest BCUT2D eigenvalue weighted by molar-refractivity contribution is 8.19. The van der Waals surface area contributed by atoms with Gasteiger partial charge in [-0.2, -0.15) is 5.10 Å². The van der Waals surface area contributed by atoms with Crippen LogP contribution in [0, 0.1) is 0 Å². The zero-order chi connectivity index (χ0) is 23.6. The number of methoxy groups -OCH3 is 2. The van der Waals surface area contributed by atoms with Crippen molar-refractivity contribution in [3.63, 3.8) is 0 Å². The van der Waals surface area contributed by atoms with Crippen LogP contribution >= 0.6 is 35.1 Å². The molecule has 1 heterocycles. The van der Waals surface area contributed by atoms with Gasteiger partial charge in [-0.3, -0.25) is 4.79 Å². The number of ether oxygens (including phenoxy) is 4. The lowest BCUT2D eigenvalue weighted by Gasteiger charge is -2.12. The molecular formula is C22H23ClN2O6S2. The number of halogens is 1. The summed E-state index contributed by atoms with van der Waals surface area (Å²) in [6, 6.07) is 10.9. The highest BCUT2D eigenvalue weighted by Crippen LogP contribution is 2.45. The Bertz CT molecular complexity index is 997. The van der Waals surface area contributed by atoms with Crippen LogP contribution in [0.5, 0.6) is 17.2 Å². The van der Waals surface area contributed by atoms with Gasteiger partial charge >= 0.3 is 5.97 Å². The van der Waals surface area contributed by atoms with Crippen molar-refractivity contribution < 1.29 is 28.5 Å². The number of nitrogens with zero attached hydrogens (tertiary/aromatic N) is 1. The monoisotopic (exact) mass is 510 g/mol. The Morgan fingerprint density at radius 3 is 2.52 bits per heavy atom. The lowest BCUT2D eigenvalue weighted by Crippen LogP contribution is -2.24. The molecule has 0 bridgehead atoms. The first kappa shape index (κ1) is 25.1. The summed E-state index contributed by atoms with van der Waals surface area (Å²) in [5, 5.41) is 4.13. The van der Waals surface area contributed by atoms with Gasteiger partial charge in [0.05, 0.1) is 30.0 Å². The van der Waals surface area contributed by atoms with Crippen LogP contribution in [0.15, 0.2) is 41.5 Å². The molecule has 11 heteroatoms. The Morgan fingerprint density at radius 2 is 1.85 bits per heavy atom. The molecule has 0 unspecified atom stereocenters. The Morgan fingerprint density at radius 1 is 1.12 bits per heavy atom. The number of benzene rings is 2. The van der Waals surface area contributed by atoms with Gasteiger partial charge in [0.1, 0.15) is 5.75 Å². The third-order valence-corrected chi connectivity index (χ3v) is 7.75. The minimum absolute atomic E-state index is 0.173. The van der Waals surface area contributed by atoms with Crippen molar-refractivity contribution in [2.24, 2.45) is 5.10 Å². The third-order valence-electron chi connectivity index (χ3n) is 4.36. The Balaban J connectivity index is 1.50. The fourth-order valence-corrected chi connectivity index (χ4v) is 5.91. The van der Waals surface area contributed by atoms with Crippen LogP contribution in [0.25, 0.3) is 0 Å². The van der Waals surface area contributed by atoms with Gasteiger partial charge in [0.2, 0.25) is 0 Å². The van der Waals surface area contributed by atoms with E-state index in [0.29, 0.717) is 21.6 Å². The van der Waals surface area contributed by atoms with Gasteiger partial charge in [-0.15, -0.1) is 23.5 Å². The van der Waals surface area contributed by atoms with Gasteiger partial charge in [0.25, 0.3) is 5.91 Å². The summed E-state index contributed by atoms with van der Waals surface area (Å²) in [5.41, 5.74) is 4.21. The predicted octanol–water partition coefficient (Wildman–Crippen LogP) is 3.91. The van der Waals surface area contributed by atoms with Crippen LogP contribution in [-0.4, -0.2) is 57.0 Å². The summed E-state index contributed by atoms with van der Waals surface area (Å²) >= 11 is 10.1. The van der Waals surface area contributed by atoms with E-state index in [0.717, 1.165) is 0 Å². The molecule has 33 heavy (non-hydrogen) atoms. The summed E-state index contributed by atoms with van der Waals surface area (Å²) in [4.78, 5) is 23.3. The second-order valence-corrected chi connectivity index (χ2v) is 9.75. The molecule has 1 amide bonds. The lowest BCUT2D eigenvalue weighted by atomic mass is 10.2. The number of hydrogen-bond donors (Lipinski definition) is 1. The summed E-state index contributed by atoms with van der Waals surface area (Å²) in [7, 11) is 2.70. The van der Waals surface area contributed by atoms with Crippen molar-refractivity contribution in [1.29, 1.82) is 0 Å². The molecule has 0 aromatic heterocycles. The maximum absolute atomic E-state index is 12.0. The highest BCUT2D eigenvalue weighted by Gasteiger charge is 2.18. The molecule has 0 aliphatic carbocycles. The molecule has 1 saturated heterocycles. The number of nitrogens with one attached hydrogen (secondary N) is 1. The molecule has 0 spiro atoms. The quantitative estimate of drug-likeness (QED) is 0.292. The maximum atomic E-state index is 12.0. The number of hydrazone groups is 1. The van der Waals surface area contributed by atoms with Crippen LogP contribution in [0.1, 0.15) is 15.7 Å². The molecule has 2 aromatic carbocycles. The number of amides is 1. The molecule has 3 rings (SSSR count). The molecule has 1 aliphatic heterocycles. The third kappa shape index (κ3) is 7.48. The van der Waals surface area contributed by atoms with Crippen LogP contribution < -0.4 is 19.6 Å². The lowest BCUT2D eigenvalue weighted by molar-refractivity contribution is -0.142. The fourth-order valence-electron chi connectivity index (χ4n) is 2.78. The Labute approximate surface area is 205 Å². The van der Waals surface area contributed by atoms with Gasteiger partial charge in [0.15, 0.2) is 24.7 Å². The number of rotatable bonds is 10. The smallest absolute Gasteiger partial charge is 0.343 e. The van der Waals surface area contributed by atoms with Gasteiger partial charge in [-0.05, 0) is 35.4 Å². The number of esters is 1. The summed E-state index contributed by atoms with van der Waals surface area (Å²) in [6.07, 6.45) is 1.40. The second kappa shape index (κ2) is 12.6. The van der Waals surface area contributed by atoms with E-state index < -0.39 is 11.9 Å². The van der Waals surface area contributed by atoms with Crippen molar-refractivity contribution in [2.45, 2.75) is 4.58 Å². The molecular weight excluding hydrogens is 488 g/mol. The number of carbonyl (C=O) groups is 2. The van der Waals surface area contributed by atoms with E-state index in [9.17, 15) is 9.59 Å². The van der Waals surface area contributed by atoms with Crippen molar-refractivity contribution in [2.75, 3.05) is 38.9 Å².